The van der Waals surface area contributed by atoms with E-state index in [9.17, 15) is 13.2 Å². The second-order valence-electron chi connectivity index (χ2n) is 10.1. The summed E-state index contributed by atoms with van der Waals surface area (Å²) in [6.45, 7) is 4.93. The molecule has 0 amide bonds. The van der Waals surface area contributed by atoms with Gasteiger partial charge in [-0.3, -0.25) is 4.79 Å². The first-order chi connectivity index (χ1) is 15.7. The fourth-order valence-electron chi connectivity index (χ4n) is 5.96. The number of carbonyl (C=O) groups excluding carboxylic acids is 1. The van der Waals surface area contributed by atoms with Crippen molar-refractivity contribution in [2.24, 2.45) is 21.1 Å². The molecular weight excluding hydrogens is 440 g/mol. The molecular formula is C24H30N4O4S. The fourth-order valence-corrected chi connectivity index (χ4v) is 7.59. The maximum atomic E-state index is 13.6. The highest BCUT2D eigenvalue weighted by atomic mass is 32.2. The molecule has 176 valence electrons. The van der Waals surface area contributed by atoms with Crippen LogP contribution in [0.3, 0.4) is 0 Å². The molecule has 3 aliphatic heterocycles. The van der Waals surface area contributed by atoms with Gasteiger partial charge in [-0.05, 0) is 43.2 Å². The highest BCUT2D eigenvalue weighted by Gasteiger charge is 2.53. The molecule has 9 heteroatoms. The van der Waals surface area contributed by atoms with Crippen LogP contribution in [0.5, 0.6) is 5.75 Å². The average Bonchev–Trinajstić information content (AvgIpc) is 3.12. The minimum Gasteiger partial charge on any atom is -0.495 e. The lowest BCUT2D eigenvalue weighted by Gasteiger charge is -2.47. The normalized spacial score (nSPS) is 29.2. The Morgan fingerprint density at radius 2 is 1.94 bits per heavy atom. The molecule has 33 heavy (non-hydrogen) atoms. The van der Waals surface area contributed by atoms with Crippen molar-refractivity contribution in [2.75, 3.05) is 20.2 Å². The van der Waals surface area contributed by atoms with Crippen LogP contribution in [-0.2, 0) is 14.8 Å². The van der Waals surface area contributed by atoms with Crippen LogP contribution in [0.25, 0.3) is 0 Å². The predicted octanol–water partition coefficient (Wildman–Crippen LogP) is 3.78. The van der Waals surface area contributed by atoms with Crippen LogP contribution in [0.1, 0.15) is 46.0 Å². The Kier molecular flexibility index (Phi) is 5.25. The van der Waals surface area contributed by atoms with Gasteiger partial charge in [-0.1, -0.05) is 26.0 Å². The van der Waals surface area contributed by atoms with Crippen LogP contribution in [0.2, 0.25) is 0 Å². The van der Waals surface area contributed by atoms with Crippen molar-refractivity contribution >= 4 is 15.8 Å². The number of azo groups is 1. The minimum atomic E-state index is -3.74. The molecule has 2 unspecified atom stereocenters. The third kappa shape index (κ3) is 3.52. The summed E-state index contributed by atoms with van der Waals surface area (Å²) < 4.78 is 34.0. The first kappa shape index (κ1) is 22.3. The van der Waals surface area contributed by atoms with Crippen molar-refractivity contribution in [3.05, 3.63) is 47.3 Å². The van der Waals surface area contributed by atoms with E-state index >= 15 is 0 Å². The maximum absolute atomic E-state index is 13.6. The molecule has 0 saturated carbocycles. The number of ketones is 1. The van der Waals surface area contributed by atoms with E-state index in [4.69, 9.17) is 4.74 Å². The number of ether oxygens (including phenoxy) is 1. The molecule has 0 aromatic heterocycles. The molecule has 0 bridgehead atoms. The van der Waals surface area contributed by atoms with E-state index in [-0.39, 0.29) is 22.3 Å². The highest BCUT2D eigenvalue weighted by Crippen LogP contribution is 2.55. The number of sulfonamides is 1. The van der Waals surface area contributed by atoms with Gasteiger partial charge in [-0.2, -0.15) is 14.5 Å². The van der Waals surface area contributed by atoms with Gasteiger partial charge in [-0.15, -0.1) is 0 Å². The Balaban J connectivity index is 1.53. The van der Waals surface area contributed by atoms with Crippen LogP contribution in [-0.4, -0.2) is 44.9 Å². The van der Waals surface area contributed by atoms with Crippen molar-refractivity contribution in [3.63, 3.8) is 0 Å². The largest absolute Gasteiger partial charge is 0.495 e. The Hall–Kier alpha value is -2.52. The molecule has 5 rings (SSSR count). The summed E-state index contributed by atoms with van der Waals surface area (Å²) in [5, 5.41) is 12.0. The molecule has 1 spiro atoms. The zero-order valence-corrected chi connectivity index (χ0v) is 20.1. The molecule has 3 heterocycles. The smallest absolute Gasteiger partial charge is 0.246 e. The summed E-state index contributed by atoms with van der Waals surface area (Å²) in [6.07, 6.45) is 4.64. The van der Waals surface area contributed by atoms with E-state index in [1.54, 1.807) is 30.5 Å². The van der Waals surface area contributed by atoms with Crippen LogP contribution >= 0.6 is 0 Å². The van der Waals surface area contributed by atoms with Gasteiger partial charge in [0.2, 0.25) is 10.0 Å². The van der Waals surface area contributed by atoms with Crippen molar-refractivity contribution in [1.29, 1.82) is 0 Å². The quantitative estimate of drug-likeness (QED) is 0.725. The molecule has 1 aliphatic carbocycles. The topological polar surface area (TPSA) is 100 Å². The maximum Gasteiger partial charge on any atom is 0.246 e. The lowest BCUT2D eigenvalue weighted by atomic mass is 9.60. The van der Waals surface area contributed by atoms with Gasteiger partial charge in [0.05, 0.1) is 13.3 Å². The van der Waals surface area contributed by atoms with Gasteiger partial charge in [0.15, 0.2) is 11.9 Å². The van der Waals surface area contributed by atoms with E-state index in [2.05, 4.69) is 29.4 Å². The molecule has 1 N–H and O–H groups in total. The van der Waals surface area contributed by atoms with Crippen LogP contribution < -0.4 is 10.1 Å². The van der Waals surface area contributed by atoms with E-state index in [0.717, 1.165) is 23.3 Å². The lowest BCUT2D eigenvalue weighted by Crippen LogP contribution is -2.49. The number of benzene rings is 1. The second-order valence-corrected chi connectivity index (χ2v) is 12.1. The third-order valence-corrected chi connectivity index (χ3v) is 9.31. The standard InChI is InChI=1S/C24H30N4O4S/c1-23(2)13-17-21(18(29)14-23)24(16-15-25-27-22(16)26-17)9-6-11-28(12-10-24)33(30,31)20-8-5-4-7-19(20)32-3/h4-5,7-8,15,22,26H,6,9-14H2,1-3H3. The first-order valence-corrected chi connectivity index (χ1v) is 12.9. The Morgan fingerprint density at radius 1 is 1.15 bits per heavy atom. The van der Waals surface area contributed by atoms with Gasteiger partial charge >= 0.3 is 0 Å². The SMILES string of the molecule is COc1ccccc1S(=O)(=O)N1CCCC2(CC1)C1=CN=NC1NC1=C2C(=O)CC(C)(C)C1. The number of allylic oxidation sites excluding steroid dienone is 2. The summed E-state index contributed by atoms with van der Waals surface area (Å²) in [7, 11) is -2.26. The molecule has 2 atom stereocenters. The molecule has 0 radical (unpaired) electrons. The molecule has 1 aromatic carbocycles. The zero-order valence-electron chi connectivity index (χ0n) is 19.3. The van der Waals surface area contributed by atoms with Crippen LogP contribution in [0.15, 0.2) is 62.4 Å². The average molecular weight is 471 g/mol. The molecule has 1 saturated heterocycles. The lowest BCUT2D eigenvalue weighted by molar-refractivity contribution is -0.119. The van der Waals surface area contributed by atoms with Gasteiger partial charge in [0.1, 0.15) is 10.6 Å². The number of hydrogen-bond acceptors (Lipinski definition) is 7. The molecule has 1 fully saturated rings. The van der Waals surface area contributed by atoms with E-state index in [1.165, 1.54) is 11.4 Å². The highest BCUT2D eigenvalue weighted by molar-refractivity contribution is 7.89. The summed E-state index contributed by atoms with van der Waals surface area (Å²) >= 11 is 0. The summed E-state index contributed by atoms with van der Waals surface area (Å²) in [5.41, 5.74) is 2.12. The zero-order chi connectivity index (χ0) is 23.4. The van der Waals surface area contributed by atoms with Gasteiger partial charge in [-0.25, -0.2) is 8.42 Å². The van der Waals surface area contributed by atoms with E-state index in [0.29, 0.717) is 44.5 Å². The van der Waals surface area contributed by atoms with Crippen molar-refractivity contribution in [1.82, 2.24) is 9.62 Å². The number of fused-ring (bicyclic) bond motifs is 3. The predicted molar refractivity (Wildman–Crippen MR) is 123 cm³/mol. The van der Waals surface area contributed by atoms with Crippen molar-refractivity contribution < 1.29 is 17.9 Å². The van der Waals surface area contributed by atoms with Crippen molar-refractivity contribution in [3.8, 4) is 5.75 Å². The Bertz CT molecular complexity index is 1200. The Morgan fingerprint density at radius 3 is 2.73 bits per heavy atom. The number of Topliss-reactive ketones (excluding diaryl/α,β-unsaturated/α-hetero) is 1. The van der Waals surface area contributed by atoms with E-state index in [1.807, 2.05) is 0 Å². The summed E-state index contributed by atoms with van der Waals surface area (Å²) in [6, 6.07) is 6.71. The van der Waals surface area contributed by atoms with Crippen LogP contribution in [0, 0.1) is 10.8 Å². The van der Waals surface area contributed by atoms with Gasteiger partial charge in [0, 0.05) is 41.8 Å². The summed E-state index contributed by atoms with van der Waals surface area (Å²) in [5.74, 6) is 0.491. The number of nitrogens with one attached hydrogen (secondary N) is 1. The molecule has 1 aromatic rings. The minimum absolute atomic E-state index is 0.120. The third-order valence-electron chi connectivity index (χ3n) is 7.38. The van der Waals surface area contributed by atoms with Crippen molar-refractivity contribution in [2.45, 2.75) is 57.0 Å². The molecule has 8 nitrogen and oxygen atoms in total. The second kappa shape index (κ2) is 7.77. The number of para-hydroxylation sites is 1. The van der Waals surface area contributed by atoms with E-state index < -0.39 is 15.4 Å². The Labute approximate surface area is 194 Å². The number of rotatable bonds is 3. The fraction of sp³-hybridized carbons (Fsp3) is 0.542. The number of hydrogen-bond donors (Lipinski definition) is 1. The molecule has 4 aliphatic rings. The van der Waals surface area contributed by atoms with Gasteiger partial charge < -0.3 is 10.1 Å². The first-order valence-electron chi connectivity index (χ1n) is 11.5. The monoisotopic (exact) mass is 470 g/mol. The number of nitrogens with zero attached hydrogens (tertiary/aromatic N) is 3. The van der Waals surface area contributed by atoms with Crippen LogP contribution in [0.4, 0.5) is 0 Å². The van der Waals surface area contributed by atoms with Gasteiger partial charge in [0.25, 0.3) is 0 Å². The number of methoxy groups -OCH3 is 1. The summed E-state index contributed by atoms with van der Waals surface area (Å²) in [4.78, 5) is 13.6. The number of carbonyl (C=O) groups is 1.